The number of aliphatic imine (C=N–C) groups is 1. The molecule has 6 heteroatoms. The van der Waals surface area contributed by atoms with E-state index in [2.05, 4.69) is 39.8 Å². The maximum Gasteiger partial charge on any atom is 0.158 e. The molecular formula is C20H25N5S. The number of hydrogen-bond donors (Lipinski definition) is 2. The minimum Gasteiger partial charge on any atom is -0.353 e. The van der Waals surface area contributed by atoms with Crippen LogP contribution in [0.5, 0.6) is 0 Å². The third kappa shape index (κ3) is 3.01. The summed E-state index contributed by atoms with van der Waals surface area (Å²) in [6.45, 7) is 4.10. The van der Waals surface area contributed by atoms with E-state index in [0.717, 1.165) is 60.5 Å². The van der Waals surface area contributed by atoms with Crippen molar-refractivity contribution in [1.82, 2.24) is 15.2 Å². The number of aromatic nitrogens is 1. The van der Waals surface area contributed by atoms with E-state index in [0.29, 0.717) is 5.92 Å². The fourth-order valence-corrected chi connectivity index (χ4v) is 5.31. The summed E-state index contributed by atoms with van der Waals surface area (Å²) in [5, 5.41) is 9.58. The van der Waals surface area contributed by atoms with Crippen molar-refractivity contribution in [3.05, 3.63) is 35.0 Å². The summed E-state index contributed by atoms with van der Waals surface area (Å²) in [7, 11) is 0. The normalized spacial score (nSPS) is 20.6. The average Bonchev–Trinajstić information content (AvgIpc) is 3.21. The van der Waals surface area contributed by atoms with Crippen molar-refractivity contribution < 1.29 is 0 Å². The minimum absolute atomic E-state index is 0.635. The Morgan fingerprint density at radius 3 is 2.85 bits per heavy atom. The van der Waals surface area contributed by atoms with E-state index in [1.807, 2.05) is 11.3 Å². The SMILES string of the molecule is c1ccc2c(c1)N=C(N1CCCNCC1)c1nc(C3CCCC3)sc1N2. The number of nitrogens with zero attached hydrogens (tertiary/aromatic N) is 3. The van der Waals surface area contributed by atoms with Crippen molar-refractivity contribution in [3.8, 4) is 0 Å². The molecular weight excluding hydrogens is 342 g/mol. The molecule has 1 aliphatic carbocycles. The first-order valence-corrected chi connectivity index (χ1v) is 10.6. The molecule has 3 heterocycles. The van der Waals surface area contributed by atoms with Crippen LogP contribution in [0.3, 0.4) is 0 Å². The van der Waals surface area contributed by atoms with Crippen LogP contribution < -0.4 is 10.6 Å². The third-order valence-corrected chi connectivity index (χ3v) is 6.71. The summed E-state index contributed by atoms with van der Waals surface area (Å²) in [4.78, 5) is 12.6. The summed E-state index contributed by atoms with van der Waals surface area (Å²) in [5.74, 6) is 1.68. The summed E-state index contributed by atoms with van der Waals surface area (Å²) in [5.41, 5.74) is 3.14. The molecule has 2 fully saturated rings. The molecule has 5 nitrogen and oxygen atoms in total. The second kappa shape index (κ2) is 7.00. The minimum atomic E-state index is 0.635. The molecule has 5 rings (SSSR count). The number of hydrogen-bond acceptors (Lipinski definition) is 6. The standard InChI is InChI=1S/C20H25N5S/c1-2-7-14(6-1)19-24-17-18(25-12-5-10-21-11-13-25)22-15-8-3-4-9-16(15)23-20(17)26-19/h3-4,8-9,14,21,23H,1-2,5-7,10-13H2. The van der Waals surface area contributed by atoms with Gasteiger partial charge < -0.3 is 15.5 Å². The van der Waals surface area contributed by atoms with Gasteiger partial charge in [-0.2, -0.15) is 0 Å². The molecule has 2 aliphatic heterocycles. The number of benzene rings is 1. The highest BCUT2D eigenvalue weighted by Crippen LogP contribution is 2.43. The Labute approximate surface area is 158 Å². The highest BCUT2D eigenvalue weighted by molar-refractivity contribution is 7.16. The second-order valence-corrected chi connectivity index (χ2v) is 8.41. The van der Waals surface area contributed by atoms with E-state index in [-0.39, 0.29) is 0 Å². The first-order chi connectivity index (χ1) is 12.9. The van der Waals surface area contributed by atoms with Crippen molar-refractivity contribution in [2.24, 2.45) is 4.99 Å². The topological polar surface area (TPSA) is 52.5 Å². The van der Waals surface area contributed by atoms with Gasteiger partial charge in [0.25, 0.3) is 0 Å². The largest absolute Gasteiger partial charge is 0.353 e. The van der Waals surface area contributed by atoms with Crippen molar-refractivity contribution >= 4 is 33.5 Å². The lowest BCUT2D eigenvalue weighted by atomic mass is 10.1. The number of rotatable bonds is 1. The molecule has 1 saturated heterocycles. The third-order valence-electron chi connectivity index (χ3n) is 5.58. The van der Waals surface area contributed by atoms with Gasteiger partial charge in [-0.15, -0.1) is 11.3 Å². The highest BCUT2D eigenvalue weighted by atomic mass is 32.1. The number of para-hydroxylation sites is 2. The molecule has 136 valence electrons. The Kier molecular flexibility index (Phi) is 4.38. The first-order valence-electron chi connectivity index (χ1n) is 9.80. The van der Waals surface area contributed by atoms with Gasteiger partial charge >= 0.3 is 0 Å². The van der Waals surface area contributed by atoms with E-state index < -0.39 is 0 Å². The van der Waals surface area contributed by atoms with Crippen LogP contribution in [0.1, 0.15) is 48.7 Å². The van der Waals surface area contributed by atoms with Gasteiger partial charge in [0.15, 0.2) is 5.84 Å². The number of fused-ring (bicyclic) bond motifs is 2. The summed E-state index contributed by atoms with van der Waals surface area (Å²) in [6, 6.07) is 8.33. The summed E-state index contributed by atoms with van der Waals surface area (Å²) < 4.78 is 0. The maximum atomic E-state index is 5.13. The van der Waals surface area contributed by atoms with Crippen molar-refractivity contribution in [3.63, 3.8) is 0 Å². The zero-order chi connectivity index (χ0) is 17.3. The molecule has 0 spiro atoms. The van der Waals surface area contributed by atoms with Gasteiger partial charge in [0, 0.05) is 25.6 Å². The fraction of sp³-hybridized carbons (Fsp3) is 0.500. The average molecular weight is 368 g/mol. The molecule has 0 amide bonds. The Balaban J connectivity index is 1.59. The van der Waals surface area contributed by atoms with E-state index >= 15 is 0 Å². The molecule has 0 radical (unpaired) electrons. The maximum absolute atomic E-state index is 5.13. The number of nitrogens with one attached hydrogen (secondary N) is 2. The van der Waals surface area contributed by atoms with Crippen molar-refractivity contribution in [2.45, 2.75) is 38.0 Å². The van der Waals surface area contributed by atoms with Crippen LogP contribution in [0, 0.1) is 0 Å². The van der Waals surface area contributed by atoms with Gasteiger partial charge in [-0.05, 0) is 37.9 Å². The predicted octanol–water partition coefficient (Wildman–Crippen LogP) is 4.23. The predicted molar refractivity (Wildman–Crippen MR) is 108 cm³/mol. The number of anilines is 2. The van der Waals surface area contributed by atoms with E-state index in [4.69, 9.17) is 9.98 Å². The molecule has 3 aliphatic rings. The lowest BCUT2D eigenvalue weighted by molar-refractivity contribution is 0.446. The first kappa shape index (κ1) is 16.3. The fourth-order valence-electron chi connectivity index (χ4n) is 4.16. The van der Waals surface area contributed by atoms with Crippen LogP contribution in [-0.2, 0) is 0 Å². The molecule has 2 N–H and O–H groups in total. The van der Waals surface area contributed by atoms with Gasteiger partial charge in [-0.1, -0.05) is 25.0 Å². The molecule has 0 bridgehead atoms. The second-order valence-electron chi connectivity index (χ2n) is 7.38. The van der Waals surface area contributed by atoms with Crippen LogP contribution in [0.25, 0.3) is 0 Å². The summed E-state index contributed by atoms with van der Waals surface area (Å²) >= 11 is 1.84. The monoisotopic (exact) mass is 367 g/mol. The molecule has 1 aromatic carbocycles. The zero-order valence-electron chi connectivity index (χ0n) is 15.0. The van der Waals surface area contributed by atoms with Crippen LogP contribution >= 0.6 is 11.3 Å². The van der Waals surface area contributed by atoms with Crippen LogP contribution in [0.15, 0.2) is 29.3 Å². The zero-order valence-corrected chi connectivity index (χ0v) is 15.8. The number of thiazole rings is 1. The Hall–Kier alpha value is -1.92. The van der Waals surface area contributed by atoms with Crippen molar-refractivity contribution in [2.75, 3.05) is 31.5 Å². The van der Waals surface area contributed by atoms with Crippen LogP contribution in [-0.4, -0.2) is 41.9 Å². The summed E-state index contributed by atoms with van der Waals surface area (Å²) in [6.07, 6.45) is 6.38. The Bertz CT molecular complexity index is 813. The molecule has 2 aromatic rings. The lowest BCUT2D eigenvalue weighted by Gasteiger charge is -2.23. The highest BCUT2D eigenvalue weighted by Gasteiger charge is 2.29. The molecule has 1 aromatic heterocycles. The van der Waals surface area contributed by atoms with Crippen LogP contribution in [0.2, 0.25) is 0 Å². The quantitative estimate of drug-likeness (QED) is 0.792. The molecule has 0 unspecified atom stereocenters. The van der Waals surface area contributed by atoms with Gasteiger partial charge in [0.1, 0.15) is 10.7 Å². The molecule has 1 saturated carbocycles. The van der Waals surface area contributed by atoms with Gasteiger partial charge in [-0.3, -0.25) is 0 Å². The molecule has 0 atom stereocenters. The number of amidine groups is 1. The van der Waals surface area contributed by atoms with Crippen LogP contribution in [0.4, 0.5) is 16.4 Å². The van der Waals surface area contributed by atoms with E-state index in [1.54, 1.807) is 0 Å². The van der Waals surface area contributed by atoms with Gasteiger partial charge in [0.2, 0.25) is 0 Å². The van der Waals surface area contributed by atoms with E-state index in [1.165, 1.54) is 30.7 Å². The smallest absolute Gasteiger partial charge is 0.158 e. The Morgan fingerprint density at radius 2 is 1.92 bits per heavy atom. The van der Waals surface area contributed by atoms with Gasteiger partial charge in [-0.25, -0.2) is 9.98 Å². The van der Waals surface area contributed by atoms with Crippen molar-refractivity contribution in [1.29, 1.82) is 0 Å². The Morgan fingerprint density at radius 1 is 1.04 bits per heavy atom. The van der Waals surface area contributed by atoms with Gasteiger partial charge in [0.05, 0.1) is 16.4 Å². The van der Waals surface area contributed by atoms with E-state index in [9.17, 15) is 0 Å². The lowest BCUT2D eigenvalue weighted by Crippen LogP contribution is -2.35. The molecule has 26 heavy (non-hydrogen) atoms.